The first kappa shape index (κ1) is 15.2. The predicted octanol–water partition coefficient (Wildman–Crippen LogP) is 3.03. The molecule has 0 saturated carbocycles. The third-order valence-corrected chi connectivity index (χ3v) is 3.57. The largest absolute Gasteiger partial charge is 0.350 e. The van der Waals surface area contributed by atoms with E-state index in [1.165, 1.54) is 0 Å². The molecule has 0 atom stereocenters. The van der Waals surface area contributed by atoms with Gasteiger partial charge in [-0.15, -0.1) is 0 Å². The summed E-state index contributed by atoms with van der Waals surface area (Å²) in [6, 6.07) is 12.6. The monoisotopic (exact) mass is 326 g/mol. The van der Waals surface area contributed by atoms with Crippen LogP contribution in [0.25, 0.3) is 11.3 Å². The quantitative estimate of drug-likeness (QED) is 0.784. The van der Waals surface area contributed by atoms with Gasteiger partial charge in [0.25, 0.3) is 5.91 Å². The van der Waals surface area contributed by atoms with Gasteiger partial charge in [0.1, 0.15) is 0 Å². The van der Waals surface area contributed by atoms with Crippen LogP contribution in [0.3, 0.4) is 0 Å². The summed E-state index contributed by atoms with van der Waals surface area (Å²) in [6.07, 6.45) is 5.36. The van der Waals surface area contributed by atoms with Gasteiger partial charge < -0.3 is 5.32 Å². The van der Waals surface area contributed by atoms with Gasteiger partial charge in [-0.3, -0.25) is 14.5 Å². The first-order chi connectivity index (χ1) is 11.2. The molecule has 1 amide bonds. The summed E-state index contributed by atoms with van der Waals surface area (Å²) in [6.45, 7) is 1.08. The highest BCUT2D eigenvalue weighted by Gasteiger charge is 2.06. The molecule has 0 saturated heterocycles. The highest BCUT2D eigenvalue weighted by Crippen LogP contribution is 2.14. The second-order valence-electron chi connectivity index (χ2n) is 4.97. The average molecular weight is 327 g/mol. The number of amides is 1. The van der Waals surface area contributed by atoms with Gasteiger partial charge in [-0.25, -0.2) is 0 Å². The lowest BCUT2D eigenvalue weighted by Crippen LogP contribution is -2.27. The van der Waals surface area contributed by atoms with Crippen LogP contribution in [-0.4, -0.2) is 27.2 Å². The molecule has 3 rings (SSSR count). The molecule has 0 spiro atoms. The van der Waals surface area contributed by atoms with E-state index in [0.29, 0.717) is 23.7 Å². The second kappa shape index (κ2) is 7.07. The molecule has 0 aliphatic carbocycles. The molecular weight excluding hydrogens is 312 g/mol. The van der Waals surface area contributed by atoms with Crippen molar-refractivity contribution in [2.24, 2.45) is 0 Å². The second-order valence-corrected chi connectivity index (χ2v) is 5.40. The Morgan fingerprint density at radius 1 is 1.17 bits per heavy atom. The average Bonchev–Trinajstić information content (AvgIpc) is 3.04. The SMILES string of the molecule is O=C(NCCn1ccc(-c2ccncc2)n1)c1cccc(Cl)c1. The molecular formula is C17H15ClN4O. The molecule has 0 bridgehead atoms. The summed E-state index contributed by atoms with van der Waals surface area (Å²) in [5, 5.41) is 7.88. The molecule has 3 aromatic rings. The van der Waals surface area contributed by atoms with E-state index < -0.39 is 0 Å². The number of nitrogens with zero attached hydrogens (tertiary/aromatic N) is 3. The number of halogens is 1. The summed E-state index contributed by atoms with van der Waals surface area (Å²) in [4.78, 5) is 16.0. The molecule has 6 heteroatoms. The molecule has 0 fully saturated rings. The topological polar surface area (TPSA) is 59.8 Å². The zero-order chi connectivity index (χ0) is 16.1. The molecule has 1 aromatic carbocycles. The summed E-state index contributed by atoms with van der Waals surface area (Å²) in [5.41, 5.74) is 2.45. The number of hydrogen-bond acceptors (Lipinski definition) is 3. The molecule has 2 heterocycles. The van der Waals surface area contributed by atoms with Crippen molar-refractivity contribution in [2.75, 3.05) is 6.54 Å². The minimum atomic E-state index is -0.144. The Bertz CT molecular complexity index is 801. The maximum absolute atomic E-state index is 12.0. The van der Waals surface area contributed by atoms with Gasteiger partial charge >= 0.3 is 0 Å². The minimum Gasteiger partial charge on any atom is -0.350 e. The summed E-state index contributed by atoms with van der Waals surface area (Å²) < 4.78 is 1.80. The molecule has 0 aliphatic heterocycles. The third kappa shape index (κ3) is 3.96. The number of rotatable bonds is 5. The van der Waals surface area contributed by atoms with Crippen molar-refractivity contribution in [1.29, 1.82) is 0 Å². The van der Waals surface area contributed by atoms with Crippen molar-refractivity contribution in [3.05, 3.63) is 71.6 Å². The van der Waals surface area contributed by atoms with E-state index in [4.69, 9.17) is 11.6 Å². The molecule has 0 radical (unpaired) electrons. The Balaban J connectivity index is 1.55. The summed E-state index contributed by atoms with van der Waals surface area (Å²) >= 11 is 5.88. The molecule has 1 N–H and O–H groups in total. The number of carbonyl (C=O) groups excluding carboxylic acids is 1. The lowest BCUT2D eigenvalue weighted by atomic mass is 10.2. The number of benzene rings is 1. The van der Waals surface area contributed by atoms with Crippen molar-refractivity contribution in [3.8, 4) is 11.3 Å². The van der Waals surface area contributed by atoms with Crippen LogP contribution in [0.5, 0.6) is 0 Å². The maximum atomic E-state index is 12.0. The molecule has 2 aromatic heterocycles. The standard InChI is InChI=1S/C17H15ClN4O/c18-15-3-1-2-14(12-15)17(23)20-9-11-22-10-6-16(21-22)13-4-7-19-8-5-13/h1-8,10,12H,9,11H2,(H,20,23). The Hall–Kier alpha value is -2.66. The van der Waals surface area contributed by atoms with Crippen molar-refractivity contribution in [2.45, 2.75) is 6.54 Å². The van der Waals surface area contributed by atoms with Gasteiger partial charge in [0.05, 0.1) is 12.2 Å². The van der Waals surface area contributed by atoms with E-state index in [1.807, 2.05) is 24.4 Å². The molecule has 116 valence electrons. The van der Waals surface area contributed by atoms with Crippen LogP contribution in [0.1, 0.15) is 10.4 Å². The van der Waals surface area contributed by atoms with Crippen LogP contribution in [0.15, 0.2) is 61.1 Å². The Morgan fingerprint density at radius 3 is 2.78 bits per heavy atom. The summed E-state index contributed by atoms with van der Waals surface area (Å²) in [5.74, 6) is -0.144. The van der Waals surface area contributed by atoms with E-state index in [2.05, 4.69) is 15.4 Å². The van der Waals surface area contributed by atoms with Crippen LogP contribution in [-0.2, 0) is 6.54 Å². The fourth-order valence-electron chi connectivity index (χ4n) is 2.18. The Morgan fingerprint density at radius 2 is 2.00 bits per heavy atom. The van der Waals surface area contributed by atoms with Crippen molar-refractivity contribution < 1.29 is 4.79 Å². The van der Waals surface area contributed by atoms with Crippen LogP contribution in [0.4, 0.5) is 0 Å². The summed E-state index contributed by atoms with van der Waals surface area (Å²) in [7, 11) is 0. The van der Waals surface area contributed by atoms with Gasteiger partial charge in [0.15, 0.2) is 0 Å². The zero-order valence-corrected chi connectivity index (χ0v) is 13.1. The first-order valence-electron chi connectivity index (χ1n) is 7.20. The van der Waals surface area contributed by atoms with E-state index in [1.54, 1.807) is 41.3 Å². The van der Waals surface area contributed by atoms with Crippen molar-refractivity contribution in [3.63, 3.8) is 0 Å². The van der Waals surface area contributed by atoms with E-state index in [0.717, 1.165) is 11.3 Å². The fraction of sp³-hybridized carbons (Fsp3) is 0.118. The van der Waals surface area contributed by atoms with Crippen molar-refractivity contribution >= 4 is 17.5 Å². The van der Waals surface area contributed by atoms with Crippen LogP contribution >= 0.6 is 11.6 Å². The lowest BCUT2D eigenvalue weighted by Gasteiger charge is -2.06. The number of aromatic nitrogens is 3. The smallest absolute Gasteiger partial charge is 0.251 e. The van der Waals surface area contributed by atoms with Gasteiger partial charge in [0.2, 0.25) is 0 Å². The van der Waals surface area contributed by atoms with E-state index in [9.17, 15) is 4.79 Å². The maximum Gasteiger partial charge on any atom is 0.251 e. The first-order valence-corrected chi connectivity index (χ1v) is 7.58. The zero-order valence-electron chi connectivity index (χ0n) is 12.3. The molecule has 5 nitrogen and oxygen atoms in total. The number of carbonyl (C=O) groups is 1. The minimum absolute atomic E-state index is 0.144. The van der Waals surface area contributed by atoms with Crippen LogP contribution in [0.2, 0.25) is 5.02 Å². The third-order valence-electron chi connectivity index (χ3n) is 3.33. The van der Waals surface area contributed by atoms with Crippen LogP contribution in [0, 0.1) is 0 Å². The number of nitrogens with one attached hydrogen (secondary N) is 1. The molecule has 23 heavy (non-hydrogen) atoms. The van der Waals surface area contributed by atoms with E-state index >= 15 is 0 Å². The molecule has 0 unspecified atom stereocenters. The predicted molar refractivity (Wildman–Crippen MR) is 89.2 cm³/mol. The number of pyridine rings is 1. The van der Waals surface area contributed by atoms with E-state index in [-0.39, 0.29) is 5.91 Å². The lowest BCUT2D eigenvalue weighted by molar-refractivity contribution is 0.0952. The normalized spacial score (nSPS) is 10.5. The fourth-order valence-corrected chi connectivity index (χ4v) is 2.37. The highest BCUT2D eigenvalue weighted by atomic mass is 35.5. The molecule has 0 aliphatic rings. The van der Waals surface area contributed by atoms with Gasteiger partial charge in [-0.2, -0.15) is 5.10 Å². The Kier molecular flexibility index (Phi) is 4.68. The van der Waals surface area contributed by atoms with Gasteiger partial charge in [-0.05, 0) is 36.4 Å². The highest BCUT2D eigenvalue weighted by molar-refractivity contribution is 6.30. The number of hydrogen-bond donors (Lipinski definition) is 1. The van der Waals surface area contributed by atoms with Gasteiger partial charge in [-0.1, -0.05) is 17.7 Å². The van der Waals surface area contributed by atoms with Gasteiger partial charge in [0, 0.05) is 41.3 Å². The van der Waals surface area contributed by atoms with Crippen molar-refractivity contribution in [1.82, 2.24) is 20.1 Å². The van der Waals surface area contributed by atoms with Crippen LogP contribution < -0.4 is 5.32 Å². The Labute approximate surface area is 138 Å².